The maximum atomic E-state index is 12.8. The van der Waals surface area contributed by atoms with Crippen LogP contribution in [0.2, 0.25) is 0 Å². The van der Waals surface area contributed by atoms with Crippen LogP contribution in [0.3, 0.4) is 0 Å². The van der Waals surface area contributed by atoms with E-state index in [2.05, 4.69) is 15.3 Å². The molecule has 2 aromatic heterocycles. The highest BCUT2D eigenvalue weighted by molar-refractivity contribution is 7.09. The summed E-state index contributed by atoms with van der Waals surface area (Å²) >= 11 is 1.50. The van der Waals surface area contributed by atoms with Crippen molar-refractivity contribution in [3.8, 4) is 0 Å². The number of hydrogen-bond donors (Lipinski definition) is 1. The number of imidazole rings is 1. The second-order valence-electron chi connectivity index (χ2n) is 5.52. The van der Waals surface area contributed by atoms with Gasteiger partial charge >= 0.3 is 12.6 Å². The molecule has 2 amide bonds. The molecule has 0 aliphatic heterocycles. The molecule has 9 heteroatoms. The van der Waals surface area contributed by atoms with Gasteiger partial charge in [-0.25, -0.2) is 14.8 Å². The van der Waals surface area contributed by atoms with E-state index in [1.54, 1.807) is 13.2 Å². The highest BCUT2D eigenvalue weighted by Gasteiger charge is 2.35. The molecule has 0 radical (unpaired) electrons. The third-order valence-electron chi connectivity index (χ3n) is 3.77. The van der Waals surface area contributed by atoms with Gasteiger partial charge in [0.1, 0.15) is 10.8 Å². The summed E-state index contributed by atoms with van der Waals surface area (Å²) in [4.78, 5) is 21.9. The summed E-state index contributed by atoms with van der Waals surface area (Å²) < 4.78 is 26.4. The lowest BCUT2D eigenvalue weighted by atomic mass is 10.2. The maximum absolute atomic E-state index is 12.8. The molecule has 2 heterocycles. The predicted octanol–water partition coefficient (Wildman–Crippen LogP) is 3.03. The van der Waals surface area contributed by atoms with Crippen LogP contribution in [0.4, 0.5) is 13.6 Å². The first-order valence-corrected chi connectivity index (χ1v) is 8.15. The topological polar surface area (TPSA) is 63.1 Å². The minimum Gasteiger partial charge on any atom is -0.328 e. The summed E-state index contributed by atoms with van der Waals surface area (Å²) in [7, 11) is 1.56. The number of halogens is 2. The van der Waals surface area contributed by atoms with Gasteiger partial charge in [0.15, 0.2) is 0 Å². The predicted molar refractivity (Wildman–Crippen MR) is 81.1 cm³/mol. The Morgan fingerprint density at radius 3 is 2.87 bits per heavy atom. The first-order valence-electron chi connectivity index (χ1n) is 7.27. The van der Waals surface area contributed by atoms with Crippen LogP contribution >= 0.6 is 11.3 Å². The number of rotatable bonds is 6. The van der Waals surface area contributed by atoms with Gasteiger partial charge in [0.05, 0.1) is 12.6 Å². The smallest absolute Gasteiger partial charge is 0.319 e. The Morgan fingerprint density at radius 1 is 1.48 bits per heavy atom. The van der Waals surface area contributed by atoms with E-state index in [0.29, 0.717) is 5.92 Å². The third kappa shape index (κ3) is 3.66. The number of alkyl halides is 2. The molecule has 3 rings (SSSR count). The fourth-order valence-corrected chi connectivity index (χ4v) is 3.15. The molecule has 1 aliphatic carbocycles. The lowest BCUT2D eigenvalue weighted by molar-refractivity contribution is 0.0650. The van der Waals surface area contributed by atoms with E-state index < -0.39 is 6.55 Å². The van der Waals surface area contributed by atoms with Crippen molar-refractivity contribution in [2.75, 3.05) is 7.05 Å². The molecule has 1 atom stereocenters. The number of urea groups is 1. The molecule has 1 saturated carbocycles. The molecule has 0 saturated heterocycles. The zero-order chi connectivity index (χ0) is 16.4. The van der Waals surface area contributed by atoms with Crippen molar-refractivity contribution in [2.45, 2.75) is 32.0 Å². The molecule has 6 nitrogen and oxygen atoms in total. The van der Waals surface area contributed by atoms with E-state index in [4.69, 9.17) is 0 Å². The van der Waals surface area contributed by atoms with Crippen molar-refractivity contribution in [1.82, 2.24) is 24.8 Å². The van der Waals surface area contributed by atoms with Gasteiger partial charge in [-0.2, -0.15) is 8.78 Å². The van der Waals surface area contributed by atoms with Crippen molar-refractivity contribution < 1.29 is 13.6 Å². The number of carbonyl (C=O) groups is 1. The van der Waals surface area contributed by atoms with Crippen molar-refractivity contribution in [3.05, 3.63) is 34.8 Å². The molecule has 2 aromatic rings. The lowest BCUT2D eigenvalue weighted by Gasteiger charge is -2.22. The van der Waals surface area contributed by atoms with Crippen molar-refractivity contribution in [3.63, 3.8) is 0 Å². The van der Waals surface area contributed by atoms with Gasteiger partial charge in [0.2, 0.25) is 0 Å². The highest BCUT2D eigenvalue weighted by Crippen LogP contribution is 2.41. The molecular formula is C14H17F2N5OS. The van der Waals surface area contributed by atoms with Gasteiger partial charge in [-0.05, 0) is 18.8 Å². The first-order chi connectivity index (χ1) is 11.1. The van der Waals surface area contributed by atoms with E-state index in [0.717, 1.165) is 22.4 Å². The van der Waals surface area contributed by atoms with Gasteiger partial charge in [-0.1, -0.05) is 0 Å². The van der Waals surface area contributed by atoms with Crippen molar-refractivity contribution in [2.24, 2.45) is 5.92 Å². The fourth-order valence-electron chi connectivity index (χ4n) is 2.37. The number of nitrogens with zero attached hydrogens (tertiary/aromatic N) is 4. The first kappa shape index (κ1) is 15.9. The van der Waals surface area contributed by atoms with Gasteiger partial charge < -0.3 is 10.2 Å². The van der Waals surface area contributed by atoms with Crippen LogP contribution in [0.5, 0.6) is 0 Å². The Morgan fingerprint density at radius 2 is 2.26 bits per heavy atom. The zero-order valence-corrected chi connectivity index (χ0v) is 13.3. The summed E-state index contributed by atoms with van der Waals surface area (Å²) in [5.41, 5.74) is 0. The summed E-state index contributed by atoms with van der Waals surface area (Å²) in [5, 5.41) is 5.71. The Hall–Kier alpha value is -2.03. The van der Waals surface area contributed by atoms with E-state index in [9.17, 15) is 13.6 Å². The fraction of sp³-hybridized carbons (Fsp3) is 0.500. The van der Waals surface area contributed by atoms with Gasteiger partial charge in [0, 0.05) is 31.0 Å². The highest BCUT2D eigenvalue weighted by atomic mass is 32.1. The number of nitrogens with one attached hydrogen (secondary N) is 1. The molecule has 1 aliphatic rings. The molecule has 1 N–H and O–H groups in total. The third-order valence-corrected chi connectivity index (χ3v) is 4.63. The van der Waals surface area contributed by atoms with Crippen LogP contribution in [0.1, 0.15) is 36.3 Å². The van der Waals surface area contributed by atoms with E-state index in [-0.39, 0.29) is 24.4 Å². The molecule has 0 aromatic carbocycles. The maximum Gasteiger partial charge on any atom is 0.319 e. The SMILES string of the molecule is CN(Cc1nccn1C(F)F)C(=O)NC(c1nccs1)C1CC1. The molecule has 1 fully saturated rings. The molecular weight excluding hydrogens is 324 g/mol. The van der Waals surface area contributed by atoms with Crippen molar-refractivity contribution in [1.29, 1.82) is 0 Å². The number of hydrogen-bond acceptors (Lipinski definition) is 4. The Bertz CT molecular complexity index is 656. The minimum absolute atomic E-state index is 0.0123. The summed E-state index contributed by atoms with van der Waals surface area (Å²) in [5.74, 6) is 0.552. The van der Waals surface area contributed by atoms with Crippen LogP contribution in [-0.2, 0) is 6.54 Å². The molecule has 23 heavy (non-hydrogen) atoms. The second kappa shape index (κ2) is 6.61. The Labute approximate surface area is 136 Å². The van der Waals surface area contributed by atoms with E-state index in [1.165, 1.54) is 28.6 Å². The standard InChI is InChI=1S/C14H17F2N5OS/c1-20(8-10-17-4-6-21(10)13(15)16)14(22)19-11(9-2-3-9)12-18-5-7-23-12/h4-7,9,11,13H,2-3,8H2,1H3,(H,19,22). The van der Waals surface area contributed by atoms with Crippen LogP contribution < -0.4 is 5.32 Å². The van der Waals surface area contributed by atoms with E-state index in [1.807, 2.05) is 5.38 Å². The van der Waals surface area contributed by atoms with Crippen LogP contribution in [0.15, 0.2) is 24.0 Å². The Balaban J connectivity index is 1.64. The number of aromatic nitrogens is 3. The summed E-state index contributed by atoms with van der Waals surface area (Å²) in [6.45, 7) is -2.66. The lowest BCUT2D eigenvalue weighted by Crippen LogP contribution is -2.40. The van der Waals surface area contributed by atoms with Crippen LogP contribution in [0, 0.1) is 5.92 Å². The molecule has 1 unspecified atom stereocenters. The monoisotopic (exact) mass is 341 g/mol. The summed E-state index contributed by atoms with van der Waals surface area (Å²) in [6.07, 6.45) is 6.34. The second-order valence-corrected chi connectivity index (χ2v) is 6.45. The Kier molecular flexibility index (Phi) is 4.56. The molecule has 0 spiro atoms. The summed E-state index contributed by atoms with van der Waals surface area (Å²) in [6, 6.07) is -0.430. The quantitative estimate of drug-likeness (QED) is 0.878. The zero-order valence-electron chi connectivity index (χ0n) is 12.5. The number of thiazole rings is 1. The number of amides is 2. The normalized spacial score (nSPS) is 15.7. The van der Waals surface area contributed by atoms with Crippen LogP contribution in [0.25, 0.3) is 0 Å². The van der Waals surface area contributed by atoms with Crippen LogP contribution in [-0.4, -0.2) is 32.5 Å². The average Bonchev–Trinajstić information content (AvgIpc) is 3.01. The molecule has 124 valence electrons. The molecule has 0 bridgehead atoms. The van der Waals surface area contributed by atoms with Gasteiger partial charge in [0.25, 0.3) is 0 Å². The van der Waals surface area contributed by atoms with Gasteiger partial charge in [-0.15, -0.1) is 11.3 Å². The average molecular weight is 341 g/mol. The minimum atomic E-state index is -2.67. The van der Waals surface area contributed by atoms with Crippen molar-refractivity contribution >= 4 is 17.4 Å². The van der Waals surface area contributed by atoms with E-state index >= 15 is 0 Å². The largest absolute Gasteiger partial charge is 0.328 e. The number of carbonyl (C=O) groups excluding carboxylic acids is 1. The van der Waals surface area contributed by atoms with Gasteiger partial charge in [-0.3, -0.25) is 4.57 Å².